The highest BCUT2D eigenvalue weighted by molar-refractivity contribution is 4.63. The third kappa shape index (κ3) is 5.51. The molecule has 2 heterocycles. The van der Waals surface area contributed by atoms with Gasteiger partial charge in [-0.05, 0) is 7.05 Å². The van der Waals surface area contributed by atoms with E-state index in [4.69, 9.17) is 5.84 Å². The number of nitrogens with one attached hydrogen (secondary N) is 2. The SMILES string of the molecule is C1CNCCN1.CN1CCN(N)CC1. The van der Waals surface area contributed by atoms with E-state index in [1.54, 1.807) is 0 Å². The Balaban J connectivity index is 0.000000146. The minimum absolute atomic E-state index is 1.01. The van der Waals surface area contributed by atoms with Crippen LogP contribution in [0.4, 0.5) is 0 Å². The maximum absolute atomic E-state index is 5.50. The molecule has 2 aliphatic rings. The van der Waals surface area contributed by atoms with Gasteiger partial charge in [-0.1, -0.05) is 0 Å². The molecule has 14 heavy (non-hydrogen) atoms. The number of likely N-dealkylation sites (N-methyl/N-ethyl adjacent to an activating group) is 1. The van der Waals surface area contributed by atoms with Gasteiger partial charge in [0.1, 0.15) is 0 Å². The van der Waals surface area contributed by atoms with Crippen molar-refractivity contribution >= 4 is 0 Å². The summed E-state index contributed by atoms with van der Waals surface area (Å²) in [6.45, 7) is 8.79. The highest BCUT2D eigenvalue weighted by Crippen LogP contribution is 1.91. The van der Waals surface area contributed by atoms with E-state index < -0.39 is 0 Å². The van der Waals surface area contributed by atoms with Gasteiger partial charge < -0.3 is 15.5 Å². The molecule has 2 fully saturated rings. The Bertz CT molecular complexity index is 108. The van der Waals surface area contributed by atoms with Crippen molar-refractivity contribution in [1.29, 1.82) is 0 Å². The zero-order chi connectivity index (χ0) is 10.2. The second-order valence-corrected chi connectivity index (χ2v) is 3.84. The molecule has 2 aliphatic heterocycles. The van der Waals surface area contributed by atoms with Gasteiger partial charge in [0.05, 0.1) is 0 Å². The maximum atomic E-state index is 5.50. The summed E-state index contributed by atoms with van der Waals surface area (Å²) in [7, 11) is 2.12. The number of rotatable bonds is 0. The van der Waals surface area contributed by atoms with Crippen LogP contribution in [0.2, 0.25) is 0 Å². The molecule has 0 saturated carbocycles. The molecule has 0 unspecified atom stereocenters. The lowest BCUT2D eigenvalue weighted by molar-refractivity contribution is 0.156. The zero-order valence-electron chi connectivity index (χ0n) is 9.13. The van der Waals surface area contributed by atoms with Crippen LogP contribution < -0.4 is 16.5 Å². The highest BCUT2D eigenvalue weighted by Gasteiger charge is 2.08. The van der Waals surface area contributed by atoms with E-state index in [1.165, 1.54) is 0 Å². The van der Waals surface area contributed by atoms with Gasteiger partial charge >= 0.3 is 0 Å². The summed E-state index contributed by atoms with van der Waals surface area (Å²) in [4.78, 5) is 2.28. The first-order chi connectivity index (χ1) is 6.79. The fourth-order valence-corrected chi connectivity index (χ4v) is 1.43. The molecule has 0 aromatic heterocycles. The van der Waals surface area contributed by atoms with Gasteiger partial charge in [0, 0.05) is 52.4 Å². The Labute approximate surface area is 86.6 Å². The number of hydrogen-bond acceptors (Lipinski definition) is 5. The van der Waals surface area contributed by atoms with Crippen LogP contribution in [0.5, 0.6) is 0 Å². The second kappa shape index (κ2) is 7.14. The van der Waals surface area contributed by atoms with Gasteiger partial charge in [-0.3, -0.25) is 5.84 Å². The van der Waals surface area contributed by atoms with E-state index >= 15 is 0 Å². The van der Waals surface area contributed by atoms with E-state index in [9.17, 15) is 0 Å². The topological polar surface area (TPSA) is 56.6 Å². The average molecular weight is 201 g/mol. The molecule has 5 heteroatoms. The monoisotopic (exact) mass is 201 g/mol. The van der Waals surface area contributed by atoms with Gasteiger partial charge in [0.25, 0.3) is 0 Å². The summed E-state index contributed by atoms with van der Waals surface area (Å²) in [6.07, 6.45) is 0. The molecular formula is C9H23N5. The molecule has 0 atom stereocenters. The Hall–Kier alpha value is -0.200. The average Bonchev–Trinajstić information content (AvgIpc) is 2.26. The quantitative estimate of drug-likeness (QED) is 0.407. The zero-order valence-corrected chi connectivity index (χ0v) is 9.13. The van der Waals surface area contributed by atoms with E-state index in [2.05, 4.69) is 22.6 Å². The predicted molar refractivity (Wildman–Crippen MR) is 59.0 cm³/mol. The molecule has 2 saturated heterocycles. The van der Waals surface area contributed by atoms with Gasteiger partial charge in [0.15, 0.2) is 0 Å². The van der Waals surface area contributed by atoms with Crippen molar-refractivity contribution in [1.82, 2.24) is 20.5 Å². The van der Waals surface area contributed by atoms with Crippen molar-refractivity contribution in [2.75, 3.05) is 59.4 Å². The lowest BCUT2D eigenvalue weighted by Crippen LogP contribution is -2.47. The van der Waals surface area contributed by atoms with E-state index in [-0.39, 0.29) is 0 Å². The lowest BCUT2D eigenvalue weighted by atomic mass is 10.4. The van der Waals surface area contributed by atoms with E-state index in [0.29, 0.717) is 0 Å². The van der Waals surface area contributed by atoms with Gasteiger partial charge in [0.2, 0.25) is 0 Å². The molecule has 0 amide bonds. The molecule has 0 aromatic rings. The highest BCUT2D eigenvalue weighted by atomic mass is 15.4. The molecule has 5 nitrogen and oxygen atoms in total. The Morgan fingerprint density at radius 3 is 1.57 bits per heavy atom. The third-order valence-electron chi connectivity index (χ3n) is 2.49. The number of nitrogens with zero attached hydrogens (tertiary/aromatic N) is 2. The summed E-state index contributed by atoms with van der Waals surface area (Å²) in [5, 5.41) is 8.31. The normalized spacial score (nSPS) is 25.3. The van der Waals surface area contributed by atoms with Crippen LogP contribution >= 0.6 is 0 Å². The molecule has 2 rings (SSSR count). The van der Waals surface area contributed by atoms with Crippen molar-refractivity contribution in [2.45, 2.75) is 0 Å². The molecule has 0 bridgehead atoms. The summed E-state index contributed by atoms with van der Waals surface area (Å²) < 4.78 is 0. The van der Waals surface area contributed by atoms with Crippen molar-refractivity contribution in [3.63, 3.8) is 0 Å². The Morgan fingerprint density at radius 2 is 1.29 bits per heavy atom. The maximum Gasteiger partial charge on any atom is 0.0256 e. The summed E-state index contributed by atoms with van der Waals surface area (Å²) >= 11 is 0. The summed E-state index contributed by atoms with van der Waals surface area (Å²) in [5.74, 6) is 5.50. The van der Waals surface area contributed by atoms with Crippen molar-refractivity contribution in [2.24, 2.45) is 5.84 Å². The van der Waals surface area contributed by atoms with Gasteiger partial charge in [-0.2, -0.15) is 0 Å². The van der Waals surface area contributed by atoms with Crippen LogP contribution in [-0.2, 0) is 0 Å². The standard InChI is InChI=1S/C5H13N3.C4H10N2/c1-7-2-4-8(6)5-3-7;1-2-6-4-3-5-1/h2-6H2,1H3;5-6H,1-4H2. The molecule has 84 valence electrons. The van der Waals surface area contributed by atoms with Crippen LogP contribution in [0.1, 0.15) is 0 Å². The summed E-state index contributed by atoms with van der Waals surface area (Å²) in [6, 6.07) is 0. The van der Waals surface area contributed by atoms with Crippen LogP contribution in [-0.4, -0.2) is 69.3 Å². The predicted octanol–water partition coefficient (Wildman–Crippen LogP) is -1.71. The lowest BCUT2D eigenvalue weighted by Gasteiger charge is -2.28. The fourth-order valence-electron chi connectivity index (χ4n) is 1.43. The molecule has 0 aliphatic carbocycles. The van der Waals surface area contributed by atoms with Crippen LogP contribution in [0.3, 0.4) is 0 Å². The van der Waals surface area contributed by atoms with Gasteiger partial charge in [-0.25, -0.2) is 5.01 Å². The second-order valence-electron chi connectivity index (χ2n) is 3.84. The molecule has 4 N–H and O–H groups in total. The Morgan fingerprint density at radius 1 is 0.857 bits per heavy atom. The minimum atomic E-state index is 1.01. The van der Waals surface area contributed by atoms with Crippen molar-refractivity contribution < 1.29 is 0 Å². The van der Waals surface area contributed by atoms with Crippen LogP contribution in [0.25, 0.3) is 0 Å². The minimum Gasteiger partial charge on any atom is -0.314 e. The molecule has 0 spiro atoms. The first-order valence-corrected chi connectivity index (χ1v) is 5.38. The van der Waals surface area contributed by atoms with Crippen molar-refractivity contribution in [3.8, 4) is 0 Å². The molecule has 0 aromatic carbocycles. The van der Waals surface area contributed by atoms with Crippen LogP contribution in [0, 0.1) is 0 Å². The summed E-state index contributed by atoms with van der Waals surface area (Å²) in [5.41, 5.74) is 0. The smallest absolute Gasteiger partial charge is 0.0256 e. The molecule has 0 radical (unpaired) electrons. The Kier molecular flexibility index (Phi) is 6.05. The molecular weight excluding hydrogens is 178 g/mol. The third-order valence-corrected chi connectivity index (χ3v) is 2.49. The van der Waals surface area contributed by atoms with Crippen LogP contribution in [0.15, 0.2) is 0 Å². The van der Waals surface area contributed by atoms with Gasteiger partial charge in [-0.15, -0.1) is 0 Å². The van der Waals surface area contributed by atoms with Crippen molar-refractivity contribution in [3.05, 3.63) is 0 Å². The van der Waals surface area contributed by atoms with E-state index in [0.717, 1.165) is 52.4 Å². The fraction of sp³-hybridized carbons (Fsp3) is 1.00. The number of hydrogen-bond donors (Lipinski definition) is 3. The largest absolute Gasteiger partial charge is 0.314 e. The number of nitrogens with two attached hydrogens (primary N) is 1. The number of piperazine rings is 2. The number of hydrazine groups is 1. The van der Waals surface area contributed by atoms with E-state index in [1.807, 2.05) is 5.01 Å². The first-order valence-electron chi connectivity index (χ1n) is 5.38. The first kappa shape index (κ1) is 11.9.